The molecular formula is C21H24F2N4O2S. The number of hydrogen-bond donors (Lipinski definition) is 2. The average molecular weight is 435 g/mol. The summed E-state index contributed by atoms with van der Waals surface area (Å²) in [5.74, 6) is -2.58. The minimum atomic E-state index is -2.46. The van der Waals surface area contributed by atoms with Crippen molar-refractivity contribution in [2.75, 3.05) is 45.1 Å². The summed E-state index contributed by atoms with van der Waals surface area (Å²) in [5, 5.41) is 5.82. The van der Waals surface area contributed by atoms with Gasteiger partial charge in [-0.1, -0.05) is 23.9 Å². The second kappa shape index (κ2) is 10.4. The Kier molecular flexibility index (Phi) is 7.64. The summed E-state index contributed by atoms with van der Waals surface area (Å²) >= 11 is 0.494. The fourth-order valence-electron chi connectivity index (χ4n) is 3.22. The number of benzene rings is 2. The van der Waals surface area contributed by atoms with Gasteiger partial charge in [0.1, 0.15) is 0 Å². The Bertz CT molecular complexity index is 872. The lowest BCUT2D eigenvalue weighted by atomic mass is 10.1. The van der Waals surface area contributed by atoms with Gasteiger partial charge in [0.15, 0.2) is 0 Å². The molecule has 9 heteroatoms. The van der Waals surface area contributed by atoms with Crippen molar-refractivity contribution in [1.82, 2.24) is 15.1 Å². The van der Waals surface area contributed by atoms with Gasteiger partial charge in [-0.15, -0.1) is 0 Å². The van der Waals surface area contributed by atoms with Crippen LogP contribution >= 0.6 is 11.8 Å². The highest BCUT2D eigenvalue weighted by molar-refractivity contribution is 7.99. The van der Waals surface area contributed by atoms with Crippen LogP contribution in [-0.4, -0.2) is 67.1 Å². The number of alkyl halides is 2. The number of nitrogens with zero attached hydrogens (tertiary/aromatic N) is 2. The van der Waals surface area contributed by atoms with Crippen LogP contribution in [-0.2, 0) is 4.79 Å². The molecule has 160 valence electrons. The summed E-state index contributed by atoms with van der Waals surface area (Å²) in [5.41, 5.74) is 1.91. The van der Waals surface area contributed by atoms with Gasteiger partial charge >= 0.3 is 0 Å². The number of amides is 2. The normalized spacial score (nSPS) is 14.6. The molecule has 1 heterocycles. The first-order valence-electron chi connectivity index (χ1n) is 9.59. The number of likely N-dealkylation sites (N-methyl/N-ethyl adjacent to an activating group) is 1. The summed E-state index contributed by atoms with van der Waals surface area (Å²) < 4.78 is 24.9. The number of carbonyl (C=O) groups is 2. The Morgan fingerprint density at radius 2 is 1.70 bits per heavy atom. The number of nitrogens with one attached hydrogen (secondary N) is 2. The fraction of sp³-hybridized carbons (Fsp3) is 0.333. The van der Waals surface area contributed by atoms with E-state index in [1.54, 1.807) is 42.3 Å². The molecule has 0 unspecified atom stereocenters. The minimum Gasteiger partial charge on any atom is -0.358 e. The second-order valence-corrected chi connectivity index (χ2v) is 7.88. The van der Waals surface area contributed by atoms with E-state index in [9.17, 15) is 18.4 Å². The lowest BCUT2D eigenvalue weighted by Gasteiger charge is -2.34. The van der Waals surface area contributed by atoms with Crippen molar-refractivity contribution in [3.63, 3.8) is 0 Å². The third-order valence-corrected chi connectivity index (χ3v) is 5.54. The molecule has 1 fully saturated rings. The molecule has 30 heavy (non-hydrogen) atoms. The number of thioether (sulfide) groups is 1. The Balaban J connectivity index is 1.65. The molecule has 0 bridgehead atoms. The van der Waals surface area contributed by atoms with E-state index >= 15 is 0 Å². The zero-order chi connectivity index (χ0) is 21.5. The molecule has 1 aliphatic heterocycles. The predicted molar refractivity (Wildman–Crippen MR) is 114 cm³/mol. The molecule has 3 rings (SSSR count). The van der Waals surface area contributed by atoms with Gasteiger partial charge in [0.05, 0.1) is 17.8 Å². The van der Waals surface area contributed by atoms with E-state index in [0.29, 0.717) is 66.3 Å². The second-order valence-electron chi connectivity index (χ2n) is 6.81. The van der Waals surface area contributed by atoms with E-state index in [1.807, 2.05) is 23.1 Å². The molecule has 0 saturated carbocycles. The summed E-state index contributed by atoms with van der Waals surface area (Å²) in [6.45, 7) is 2.69. The van der Waals surface area contributed by atoms with E-state index in [1.165, 1.54) is 0 Å². The number of piperazine rings is 1. The van der Waals surface area contributed by atoms with Gasteiger partial charge < -0.3 is 15.5 Å². The first-order chi connectivity index (χ1) is 14.5. The molecule has 2 amide bonds. The molecule has 1 saturated heterocycles. The predicted octanol–water partition coefficient (Wildman–Crippen LogP) is 3.25. The summed E-state index contributed by atoms with van der Waals surface area (Å²) in [4.78, 5) is 28.9. The number of para-hydroxylation sites is 1. The van der Waals surface area contributed by atoms with E-state index in [4.69, 9.17) is 0 Å². The smallest absolute Gasteiger partial charge is 0.288 e. The van der Waals surface area contributed by atoms with Crippen molar-refractivity contribution in [2.24, 2.45) is 0 Å². The molecule has 0 aliphatic carbocycles. The summed E-state index contributed by atoms with van der Waals surface area (Å²) in [6.07, 6.45) is 0. The molecule has 2 N–H and O–H groups in total. The van der Waals surface area contributed by atoms with Crippen LogP contribution in [0.2, 0.25) is 0 Å². The van der Waals surface area contributed by atoms with E-state index in [0.717, 1.165) is 0 Å². The SMILES string of the molecule is CNC(=O)CN1CCN(C(=O)c2ccccc2Nc2ccc(SC(F)F)cc2)CC1. The van der Waals surface area contributed by atoms with Crippen molar-refractivity contribution in [3.05, 3.63) is 54.1 Å². The maximum Gasteiger partial charge on any atom is 0.288 e. The average Bonchev–Trinajstić information content (AvgIpc) is 2.75. The van der Waals surface area contributed by atoms with E-state index < -0.39 is 5.76 Å². The minimum absolute atomic E-state index is 0.0395. The lowest BCUT2D eigenvalue weighted by Crippen LogP contribution is -2.50. The van der Waals surface area contributed by atoms with Gasteiger partial charge in [-0.25, -0.2) is 0 Å². The highest BCUT2D eigenvalue weighted by atomic mass is 32.2. The Labute approximate surface area is 178 Å². The van der Waals surface area contributed by atoms with Crippen molar-refractivity contribution < 1.29 is 18.4 Å². The van der Waals surface area contributed by atoms with E-state index in [-0.39, 0.29) is 11.8 Å². The maximum absolute atomic E-state index is 13.1. The number of anilines is 2. The van der Waals surface area contributed by atoms with Crippen LogP contribution in [0, 0.1) is 0 Å². The van der Waals surface area contributed by atoms with Gasteiger partial charge in [-0.3, -0.25) is 14.5 Å². The zero-order valence-corrected chi connectivity index (χ0v) is 17.4. The highest BCUT2D eigenvalue weighted by Gasteiger charge is 2.24. The van der Waals surface area contributed by atoms with Crippen LogP contribution in [0.4, 0.5) is 20.2 Å². The number of hydrogen-bond acceptors (Lipinski definition) is 5. The zero-order valence-electron chi connectivity index (χ0n) is 16.6. The fourth-order valence-corrected chi connectivity index (χ4v) is 3.71. The van der Waals surface area contributed by atoms with Gasteiger partial charge in [0.25, 0.3) is 11.7 Å². The van der Waals surface area contributed by atoms with Gasteiger partial charge in [-0.05, 0) is 36.4 Å². The molecule has 0 radical (unpaired) electrons. The number of rotatable bonds is 7. The molecule has 0 aromatic heterocycles. The quantitative estimate of drug-likeness (QED) is 0.655. The van der Waals surface area contributed by atoms with Crippen LogP contribution in [0.25, 0.3) is 0 Å². The molecule has 0 atom stereocenters. The standard InChI is InChI=1S/C21H24F2N4O2S/c1-24-19(28)14-26-10-12-27(13-11-26)20(29)17-4-2-3-5-18(17)25-15-6-8-16(9-7-15)30-21(22)23/h2-9,21,25H,10-14H2,1H3,(H,24,28). The third kappa shape index (κ3) is 5.93. The number of carbonyl (C=O) groups excluding carboxylic acids is 2. The van der Waals surface area contributed by atoms with Crippen LogP contribution in [0.3, 0.4) is 0 Å². The topological polar surface area (TPSA) is 64.7 Å². The van der Waals surface area contributed by atoms with Gasteiger partial charge in [0, 0.05) is 43.8 Å². The molecule has 1 aliphatic rings. The van der Waals surface area contributed by atoms with Crippen LogP contribution in [0.15, 0.2) is 53.4 Å². The largest absolute Gasteiger partial charge is 0.358 e. The van der Waals surface area contributed by atoms with Gasteiger partial charge in [-0.2, -0.15) is 8.78 Å². The van der Waals surface area contributed by atoms with Crippen LogP contribution in [0.5, 0.6) is 0 Å². The molecular weight excluding hydrogens is 410 g/mol. The van der Waals surface area contributed by atoms with Crippen molar-refractivity contribution in [3.8, 4) is 0 Å². The third-order valence-electron chi connectivity index (χ3n) is 4.82. The Morgan fingerprint density at radius 1 is 1.03 bits per heavy atom. The highest BCUT2D eigenvalue weighted by Crippen LogP contribution is 2.28. The Morgan fingerprint density at radius 3 is 2.33 bits per heavy atom. The van der Waals surface area contributed by atoms with Crippen LogP contribution < -0.4 is 10.6 Å². The lowest BCUT2D eigenvalue weighted by molar-refractivity contribution is -0.122. The number of halogens is 2. The van der Waals surface area contributed by atoms with Gasteiger partial charge in [0.2, 0.25) is 5.91 Å². The molecule has 0 spiro atoms. The maximum atomic E-state index is 13.1. The summed E-state index contributed by atoms with van der Waals surface area (Å²) in [7, 11) is 1.61. The first kappa shape index (κ1) is 22.0. The first-order valence-corrected chi connectivity index (χ1v) is 10.5. The van der Waals surface area contributed by atoms with Crippen molar-refractivity contribution in [1.29, 1.82) is 0 Å². The molecule has 6 nitrogen and oxygen atoms in total. The van der Waals surface area contributed by atoms with Crippen molar-refractivity contribution in [2.45, 2.75) is 10.7 Å². The Hall–Kier alpha value is -2.65. The van der Waals surface area contributed by atoms with Crippen LogP contribution in [0.1, 0.15) is 10.4 Å². The summed E-state index contributed by atoms with van der Waals surface area (Å²) in [6, 6.07) is 13.9. The molecule has 2 aromatic carbocycles. The monoisotopic (exact) mass is 434 g/mol. The molecule has 2 aromatic rings. The van der Waals surface area contributed by atoms with E-state index in [2.05, 4.69) is 10.6 Å². The van der Waals surface area contributed by atoms with Crippen molar-refractivity contribution >= 4 is 35.0 Å².